The summed E-state index contributed by atoms with van der Waals surface area (Å²) in [6.07, 6.45) is 0. The van der Waals surface area contributed by atoms with Gasteiger partial charge in [0.2, 0.25) is 11.7 Å². The van der Waals surface area contributed by atoms with Crippen LogP contribution in [0.25, 0.3) is 28.1 Å². The van der Waals surface area contributed by atoms with Crippen molar-refractivity contribution >= 4 is 28.4 Å². The zero-order valence-electron chi connectivity index (χ0n) is 16.9. The van der Waals surface area contributed by atoms with Gasteiger partial charge in [0.05, 0.1) is 16.7 Å². The van der Waals surface area contributed by atoms with E-state index >= 15 is 0 Å². The molecule has 0 aliphatic heterocycles. The summed E-state index contributed by atoms with van der Waals surface area (Å²) in [5.41, 5.74) is 4.54. The summed E-state index contributed by atoms with van der Waals surface area (Å²) in [5, 5.41) is 2.94. The van der Waals surface area contributed by atoms with Gasteiger partial charge < -0.3 is 9.88 Å². The fourth-order valence-corrected chi connectivity index (χ4v) is 3.85. The SMILES string of the molecule is Cc1cccc(NC(=O)Cn2c3ccccc3n3c(=O)cc(-c4ccccc4)nc23)c1. The van der Waals surface area contributed by atoms with Crippen LogP contribution in [0.3, 0.4) is 0 Å². The van der Waals surface area contributed by atoms with Gasteiger partial charge in [-0.1, -0.05) is 54.6 Å². The predicted octanol–water partition coefficient (Wildman–Crippen LogP) is 4.26. The lowest BCUT2D eigenvalue weighted by Gasteiger charge is -2.09. The van der Waals surface area contributed by atoms with Gasteiger partial charge in [0.15, 0.2) is 0 Å². The smallest absolute Gasteiger partial charge is 0.260 e. The highest BCUT2D eigenvalue weighted by Crippen LogP contribution is 2.22. The molecule has 152 valence electrons. The second-order valence-electron chi connectivity index (χ2n) is 7.47. The van der Waals surface area contributed by atoms with Crippen LogP contribution >= 0.6 is 0 Å². The van der Waals surface area contributed by atoms with Gasteiger partial charge >= 0.3 is 0 Å². The van der Waals surface area contributed by atoms with Crippen LogP contribution < -0.4 is 10.9 Å². The van der Waals surface area contributed by atoms with Crippen molar-refractivity contribution in [2.24, 2.45) is 0 Å². The Morgan fingerprint density at radius 2 is 1.65 bits per heavy atom. The van der Waals surface area contributed by atoms with E-state index in [1.54, 1.807) is 8.97 Å². The number of benzene rings is 3. The molecule has 6 heteroatoms. The molecule has 0 spiro atoms. The lowest BCUT2D eigenvalue weighted by Crippen LogP contribution is -2.20. The molecule has 0 unspecified atom stereocenters. The van der Waals surface area contributed by atoms with Crippen LogP contribution in [-0.2, 0) is 11.3 Å². The second kappa shape index (κ2) is 7.57. The Balaban J connectivity index is 1.64. The quantitative estimate of drug-likeness (QED) is 0.483. The summed E-state index contributed by atoms with van der Waals surface area (Å²) >= 11 is 0. The highest BCUT2D eigenvalue weighted by atomic mass is 16.2. The number of carbonyl (C=O) groups is 1. The Labute approximate surface area is 178 Å². The summed E-state index contributed by atoms with van der Waals surface area (Å²) in [4.78, 5) is 30.7. The summed E-state index contributed by atoms with van der Waals surface area (Å²) in [5.74, 6) is 0.250. The van der Waals surface area contributed by atoms with Crippen LogP contribution in [-0.4, -0.2) is 19.9 Å². The highest BCUT2D eigenvalue weighted by molar-refractivity contribution is 5.92. The molecule has 6 nitrogen and oxygen atoms in total. The van der Waals surface area contributed by atoms with E-state index in [1.165, 1.54) is 6.07 Å². The van der Waals surface area contributed by atoms with Gasteiger partial charge in [-0.3, -0.25) is 9.59 Å². The number of fused-ring (bicyclic) bond motifs is 3. The summed E-state index contributed by atoms with van der Waals surface area (Å²) in [6, 6.07) is 26.3. The van der Waals surface area contributed by atoms with Gasteiger partial charge in [-0.2, -0.15) is 0 Å². The van der Waals surface area contributed by atoms with Gasteiger partial charge in [-0.05, 0) is 36.8 Å². The van der Waals surface area contributed by atoms with Gasteiger partial charge in [0.1, 0.15) is 6.54 Å². The number of aromatic nitrogens is 3. The first-order valence-electron chi connectivity index (χ1n) is 10.0. The molecule has 5 aromatic rings. The van der Waals surface area contributed by atoms with Crippen molar-refractivity contribution in [3.8, 4) is 11.3 Å². The van der Waals surface area contributed by atoms with Crippen LogP contribution in [0.5, 0.6) is 0 Å². The molecule has 5 rings (SSSR count). The number of hydrogen-bond acceptors (Lipinski definition) is 3. The minimum Gasteiger partial charge on any atom is -0.325 e. The third-order valence-corrected chi connectivity index (χ3v) is 5.23. The molecular weight excluding hydrogens is 388 g/mol. The Morgan fingerprint density at radius 3 is 2.42 bits per heavy atom. The molecule has 1 N–H and O–H groups in total. The van der Waals surface area contributed by atoms with Crippen molar-refractivity contribution < 1.29 is 4.79 Å². The van der Waals surface area contributed by atoms with Gasteiger partial charge in [0, 0.05) is 17.3 Å². The zero-order valence-corrected chi connectivity index (χ0v) is 16.9. The maximum atomic E-state index is 13.0. The number of nitrogens with zero attached hydrogens (tertiary/aromatic N) is 3. The Kier molecular flexibility index (Phi) is 4.59. The topological polar surface area (TPSA) is 68.4 Å². The second-order valence-corrected chi connectivity index (χ2v) is 7.47. The zero-order chi connectivity index (χ0) is 21.4. The number of hydrogen-bond donors (Lipinski definition) is 1. The molecule has 3 aromatic carbocycles. The van der Waals surface area contributed by atoms with Crippen LogP contribution in [0, 0.1) is 6.92 Å². The first-order chi connectivity index (χ1) is 15.1. The fraction of sp³-hybridized carbons (Fsp3) is 0.0800. The molecule has 1 amide bonds. The predicted molar refractivity (Wildman–Crippen MR) is 122 cm³/mol. The normalized spacial score (nSPS) is 11.1. The van der Waals surface area contributed by atoms with Crippen LogP contribution in [0.2, 0.25) is 0 Å². The average Bonchev–Trinajstić information content (AvgIpc) is 3.08. The molecule has 0 saturated carbocycles. The minimum atomic E-state index is -0.187. The molecule has 0 aliphatic rings. The minimum absolute atomic E-state index is 0.0373. The maximum absolute atomic E-state index is 13.0. The monoisotopic (exact) mass is 408 g/mol. The van der Waals surface area contributed by atoms with E-state index in [-0.39, 0.29) is 18.0 Å². The Morgan fingerprint density at radius 1 is 0.903 bits per heavy atom. The van der Waals surface area contributed by atoms with E-state index in [4.69, 9.17) is 4.98 Å². The molecule has 0 bridgehead atoms. The van der Waals surface area contributed by atoms with Crippen molar-refractivity contribution in [2.75, 3.05) is 5.32 Å². The number of rotatable bonds is 4. The fourth-order valence-electron chi connectivity index (χ4n) is 3.85. The van der Waals surface area contributed by atoms with Crippen LogP contribution in [0.15, 0.2) is 89.7 Å². The lowest BCUT2D eigenvalue weighted by atomic mass is 10.1. The van der Waals surface area contributed by atoms with Crippen molar-refractivity contribution in [3.05, 3.63) is 101 Å². The molecule has 31 heavy (non-hydrogen) atoms. The molecule has 0 saturated heterocycles. The van der Waals surface area contributed by atoms with Crippen molar-refractivity contribution in [2.45, 2.75) is 13.5 Å². The number of amides is 1. The summed E-state index contributed by atoms with van der Waals surface area (Å²) < 4.78 is 3.34. The third-order valence-electron chi connectivity index (χ3n) is 5.23. The number of anilines is 1. The number of carbonyl (C=O) groups excluding carboxylic acids is 1. The Bertz CT molecular complexity index is 1480. The van der Waals surface area contributed by atoms with E-state index in [0.29, 0.717) is 11.5 Å². The molecular formula is C25H20N4O2. The number of para-hydroxylation sites is 2. The van der Waals surface area contributed by atoms with Crippen molar-refractivity contribution in [1.82, 2.24) is 14.0 Å². The first-order valence-corrected chi connectivity index (χ1v) is 10.0. The van der Waals surface area contributed by atoms with E-state index in [2.05, 4.69) is 5.32 Å². The van der Waals surface area contributed by atoms with Crippen molar-refractivity contribution in [3.63, 3.8) is 0 Å². The molecule has 0 fully saturated rings. The summed E-state index contributed by atoms with van der Waals surface area (Å²) in [7, 11) is 0. The standard InChI is InChI=1S/C25H20N4O2/c1-17-8-7-11-19(14-17)26-23(30)16-28-21-12-5-6-13-22(21)29-24(31)15-20(27-25(28)29)18-9-3-2-4-10-18/h2-15H,16H2,1H3,(H,26,30). The number of imidazole rings is 1. The van der Waals surface area contributed by atoms with E-state index in [9.17, 15) is 9.59 Å². The van der Waals surface area contributed by atoms with Gasteiger partial charge in [0.25, 0.3) is 5.56 Å². The number of nitrogens with one attached hydrogen (secondary N) is 1. The van der Waals surface area contributed by atoms with Gasteiger partial charge in [-0.15, -0.1) is 0 Å². The van der Waals surface area contributed by atoms with Crippen molar-refractivity contribution in [1.29, 1.82) is 0 Å². The van der Waals surface area contributed by atoms with E-state index in [0.717, 1.165) is 27.8 Å². The van der Waals surface area contributed by atoms with Crippen LogP contribution in [0.4, 0.5) is 5.69 Å². The first kappa shape index (κ1) is 18.8. The molecule has 0 radical (unpaired) electrons. The van der Waals surface area contributed by atoms with E-state index < -0.39 is 0 Å². The molecule has 2 heterocycles. The largest absolute Gasteiger partial charge is 0.325 e. The molecule has 0 atom stereocenters. The van der Waals surface area contributed by atoms with E-state index in [1.807, 2.05) is 85.8 Å². The highest BCUT2D eigenvalue weighted by Gasteiger charge is 2.17. The summed E-state index contributed by atoms with van der Waals surface area (Å²) in [6.45, 7) is 2.01. The maximum Gasteiger partial charge on any atom is 0.260 e. The Hall–Kier alpha value is -4.19. The average molecular weight is 408 g/mol. The molecule has 0 aliphatic carbocycles. The number of aryl methyl sites for hydroxylation is 1. The van der Waals surface area contributed by atoms with Crippen LogP contribution in [0.1, 0.15) is 5.56 Å². The third kappa shape index (κ3) is 3.48. The lowest BCUT2D eigenvalue weighted by molar-refractivity contribution is -0.116. The van der Waals surface area contributed by atoms with Gasteiger partial charge in [-0.25, -0.2) is 9.38 Å². The molecule has 2 aromatic heterocycles.